The number of aryl methyl sites for hydroxylation is 1. The van der Waals surface area contributed by atoms with Crippen molar-refractivity contribution in [1.29, 1.82) is 0 Å². The van der Waals surface area contributed by atoms with Gasteiger partial charge in [0, 0.05) is 25.5 Å². The Kier molecular flexibility index (Phi) is 5.11. The van der Waals surface area contributed by atoms with Crippen LogP contribution in [0.4, 0.5) is 0 Å². The van der Waals surface area contributed by atoms with Gasteiger partial charge < -0.3 is 5.11 Å². The van der Waals surface area contributed by atoms with E-state index < -0.39 is 16.1 Å². The molecule has 1 aromatic carbocycles. The van der Waals surface area contributed by atoms with E-state index in [2.05, 4.69) is 9.82 Å². The molecule has 6 nitrogen and oxygen atoms in total. The molecule has 1 aromatic heterocycles. The van der Waals surface area contributed by atoms with Crippen molar-refractivity contribution >= 4 is 10.0 Å². The van der Waals surface area contributed by atoms with Crippen molar-refractivity contribution < 1.29 is 13.5 Å². The quantitative estimate of drug-likeness (QED) is 0.755. The Labute approximate surface area is 124 Å². The molecule has 0 saturated carbocycles. The molecule has 0 aliphatic heterocycles. The minimum absolute atomic E-state index is 0.200. The molecule has 2 aromatic rings. The fourth-order valence-corrected chi connectivity index (χ4v) is 2.96. The molecule has 7 heteroatoms. The van der Waals surface area contributed by atoms with Crippen LogP contribution in [0, 0.1) is 0 Å². The van der Waals surface area contributed by atoms with Gasteiger partial charge in [-0.05, 0) is 37.1 Å². The van der Waals surface area contributed by atoms with Gasteiger partial charge in [-0.2, -0.15) is 5.10 Å². The van der Waals surface area contributed by atoms with E-state index in [1.165, 1.54) is 12.1 Å². The van der Waals surface area contributed by atoms with Crippen molar-refractivity contribution in [3.63, 3.8) is 0 Å². The second-order valence-corrected chi connectivity index (χ2v) is 6.53. The van der Waals surface area contributed by atoms with E-state index in [1.54, 1.807) is 29.9 Å². The van der Waals surface area contributed by atoms with Gasteiger partial charge in [0.15, 0.2) is 0 Å². The van der Waals surface area contributed by atoms with Crippen molar-refractivity contribution in [2.45, 2.75) is 30.9 Å². The monoisotopic (exact) mass is 309 g/mol. The maximum atomic E-state index is 12.1. The molecule has 0 bridgehead atoms. The number of sulfonamides is 1. The molecule has 2 N–H and O–H groups in total. The molecular weight excluding hydrogens is 290 g/mol. The smallest absolute Gasteiger partial charge is 0.240 e. The predicted molar refractivity (Wildman–Crippen MR) is 79.1 cm³/mol. The van der Waals surface area contributed by atoms with Crippen LogP contribution in [0.25, 0.3) is 0 Å². The van der Waals surface area contributed by atoms with Gasteiger partial charge in [0.2, 0.25) is 10.0 Å². The fourth-order valence-electron chi connectivity index (χ4n) is 1.89. The molecule has 0 spiro atoms. The Balaban J connectivity index is 1.89. The third-order valence-corrected chi connectivity index (χ3v) is 4.57. The van der Waals surface area contributed by atoms with E-state index in [-0.39, 0.29) is 4.90 Å². The van der Waals surface area contributed by atoms with Gasteiger partial charge in [0.05, 0.1) is 11.0 Å². The van der Waals surface area contributed by atoms with E-state index in [0.29, 0.717) is 25.1 Å². The van der Waals surface area contributed by atoms with Crippen LogP contribution in [0.3, 0.4) is 0 Å². The van der Waals surface area contributed by atoms with Crippen LogP contribution in [0.15, 0.2) is 47.6 Å². The van der Waals surface area contributed by atoms with Gasteiger partial charge >= 0.3 is 0 Å². The summed E-state index contributed by atoms with van der Waals surface area (Å²) in [5.74, 6) is 0. The molecule has 21 heavy (non-hydrogen) atoms. The van der Waals surface area contributed by atoms with E-state index in [0.717, 1.165) is 0 Å². The van der Waals surface area contributed by atoms with Gasteiger partial charge in [-0.15, -0.1) is 0 Å². The van der Waals surface area contributed by atoms with Crippen molar-refractivity contribution in [1.82, 2.24) is 14.5 Å². The lowest BCUT2D eigenvalue weighted by Crippen LogP contribution is -2.25. The molecule has 0 saturated heterocycles. The summed E-state index contributed by atoms with van der Waals surface area (Å²) in [5, 5.41) is 13.5. The minimum atomic E-state index is -3.51. The lowest BCUT2D eigenvalue weighted by molar-refractivity contribution is 0.199. The van der Waals surface area contributed by atoms with Crippen LogP contribution in [0.1, 0.15) is 25.0 Å². The third kappa shape index (κ3) is 4.38. The lowest BCUT2D eigenvalue weighted by atomic mass is 10.1. The zero-order chi connectivity index (χ0) is 15.3. The summed E-state index contributed by atoms with van der Waals surface area (Å²) in [6.45, 7) is 2.65. The highest BCUT2D eigenvalue weighted by Crippen LogP contribution is 2.15. The largest absolute Gasteiger partial charge is 0.389 e. The van der Waals surface area contributed by atoms with E-state index >= 15 is 0 Å². The molecule has 1 heterocycles. The molecule has 1 unspecified atom stereocenters. The second kappa shape index (κ2) is 6.84. The molecule has 0 aliphatic rings. The number of benzene rings is 1. The maximum Gasteiger partial charge on any atom is 0.240 e. The first kappa shape index (κ1) is 15.7. The molecule has 0 amide bonds. The normalized spacial score (nSPS) is 13.2. The number of hydrogen-bond acceptors (Lipinski definition) is 4. The number of hydrogen-bond donors (Lipinski definition) is 2. The summed E-state index contributed by atoms with van der Waals surface area (Å²) >= 11 is 0. The molecule has 0 fully saturated rings. The zero-order valence-electron chi connectivity index (χ0n) is 11.8. The van der Waals surface area contributed by atoms with Gasteiger partial charge in [0.1, 0.15) is 0 Å². The Morgan fingerprint density at radius 1 is 1.33 bits per heavy atom. The van der Waals surface area contributed by atoms with Crippen molar-refractivity contribution in [2.75, 3.05) is 6.54 Å². The van der Waals surface area contributed by atoms with Crippen molar-refractivity contribution in [3.8, 4) is 0 Å². The molecule has 114 valence electrons. The fraction of sp³-hybridized carbons (Fsp3) is 0.357. The van der Waals surface area contributed by atoms with Gasteiger partial charge in [0.25, 0.3) is 0 Å². The third-order valence-electron chi connectivity index (χ3n) is 3.09. The number of aliphatic hydroxyl groups is 1. The number of rotatable bonds is 7. The summed E-state index contributed by atoms with van der Waals surface area (Å²) in [6, 6.07) is 8.05. The van der Waals surface area contributed by atoms with Crippen LogP contribution in [-0.4, -0.2) is 29.8 Å². The SMILES string of the molecule is CC(O)c1ccc(S(=O)(=O)NCCCn2cccn2)cc1. The molecule has 0 aliphatic carbocycles. The predicted octanol–water partition coefficient (Wildman–Crippen LogP) is 1.30. The summed E-state index contributed by atoms with van der Waals surface area (Å²) in [5.41, 5.74) is 0.688. The van der Waals surface area contributed by atoms with Crippen LogP contribution in [-0.2, 0) is 16.6 Å². The van der Waals surface area contributed by atoms with Gasteiger partial charge in [-0.25, -0.2) is 13.1 Å². The zero-order valence-corrected chi connectivity index (χ0v) is 12.6. The first-order valence-electron chi connectivity index (χ1n) is 6.74. The number of aromatic nitrogens is 2. The Bertz CT molecular complexity index is 649. The number of aliphatic hydroxyl groups excluding tert-OH is 1. The molecule has 0 radical (unpaired) electrons. The van der Waals surface area contributed by atoms with Crippen molar-refractivity contribution in [3.05, 3.63) is 48.3 Å². The van der Waals surface area contributed by atoms with E-state index in [4.69, 9.17) is 0 Å². The topological polar surface area (TPSA) is 84.2 Å². The second-order valence-electron chi connectivity index (χ2n) is 4.77. The number of nitrogens with zero attached hydrogens (tertiary/aromatic N) is 2. The average Bonchev–Trinajstić information content (AvgIpc) is 2.97. The van der Waals surface area contributed by atoms with E-state index in [9.17, 15) is 13.5 Å². The molecule has 1 atom stereocenters. The maximum absolute atomic E-state index is 12.1. The summed E-state index contributed by atoms with van der Waals surface area (Å²) < 4.78 is 28.5. The van der Waals surface area contributed by atoms with Crippen LogP contribution in [0.2, 0.25) is 0 Å². The summed E-state index contributed by atoms with van der Waals surface area (Å²) in [4.78, 5) is 0.200. The Morgan fingerprint density at radius 2 is 2.05 bits per heavy atom. The molecular formula is C14H19N3O3S. The Morgan fingerprint density at radius 3 is 2.62 bits per heavy atom. The molecule has 2 rings (SSSR count). The first-order chi connectivity index (χ1) is 9.99. The highest BCUT2D eigenvalue weighted by molar-refractivity contribution is 7.89. The van der Waals surface area contributed by atoms with Crippen LogP contribution < -0.4 is 4.72 Å². The first-order valence-corrected chi connectivity index (χ1v) is 8.22. The lowest BCUT2D eigenvalue weighted by Gasteiger charge is -2.09. The van der Waals surface area contributed by atoms with Crippen molar-refractivity contribution in [2.24, 2.45) is 0 Å². The van der Waals surface area contributed by atoms with Gasteiger partial charge in [-0.1, -0.05) is 12.1 Å². The summed E-state index contributed by atoms with van der Waals surface area (Å²) in [7, 11) is -3.51. The van der Waals surface area contributed by atoms with Crippen LogP contribution >= 0.6 is 0 Å². The van der Waals surface area contributed by atoms with Gasteiger partial charge in [-0.3, -0.25) is 4.68 Å². The van der Waals surface area contributed by atoms with Crippen LogP contribution in [0.5, 0.6) is 0 Å². The van der Waals surface area contributed by atoms with E-state index in [1.807, 2.05) is 12.3 Å². The summed E-state index contributed by atoms with van der Waals surface area (Å²) in [6.07, 6.45) is 3.58. The highest BCUT2D eigenvalue weighted by atomic mass is 32.2. The highest BCUT2D eigenvalue weighted by Gasteiger charge is 2.13. The Hall–Kier alpha value is -1.70. The average molecular weight is 309 g/mol. The standard InChI is InChI=1S/C14H19N3O3S/c1-12(18)13-4-6-14(7-5-13)21(19,20)16-9-3-11-17-10-2-8-15-17/h2,4-8,10,12,16,18H,3,9,11H2,1H3. The minimum Gasteiger partial charge on any atom is -0.389 e. The number of nitrogens with one attached hydrogen (secondary N) is 1.